The summed E-state index contributed by atoms with van der Waals surface area (Å²) in [4.78, 5) is 2.56. The van der Waals surface area contributed by atoms with Crippen LogP contribution in [0, 0.1) is 23.2 Å². The van der Waals surface area contributed by atoms with E-state index in [1.165, 1.54) is 38.9 Å². The summed E-state index contributed by atoms with van der Waals surface area (Å²) in [6, 6.07) is 0. The summed E-state index contributed by atoms with van der Waals surface area (Å²) in [5.74, 6) is 2.55. The van der Waals surface area contributed by atoms with Crippen LogP contribution in [-0.4, -0.2) is 48.6 Å². The van der Waals surface area contributed by atoms with Gasteiger partial charge in [0.1, 0.15) is 0 Å². The van der Waals surface area contributed by atoms with Crippen LogP contribution in [0.25, 0.3) is 0 Å². The van der Waals surface area contributed by atoms with Crippen LogP contribution >= 0.6 is 12.4 Å². The van der Waals surface area contributed by atoms with Gasteiger partial charge in [-0.15, -0.1) is 12.4 Å². The molecule has 0 amide bonds. The van der Waals surface area contributed by atoms with Crippen molar-refractivity contribution in [2.75, 3.05) is 32.8 Å². The molecule has 5 heteroatoms. The second kappa shape index (κ2) is 13.0. The molecule has 1 aliphatic heterocycles. The third kappa shape index (κ3) is 10.2. The maximum absolute atomic E-state index is 9.23. The molecule has 4 nitrogen and oxygen atoms in total. The fourth-order valence-corrected chi connectivity index (χ4v) is 3.12. The predicted molar refractivity (Wildman–Crippen MR) is 102 cm³/mol. The third-order valence-corrected chi connectivity index (χ3v) is 4.94. The number of nitrogens with zero attached hydrogens (tertiary/aromatic N) is 1. The van der Waals surface area contributed by atoms with E-state index in [1.54, 1.807) is 0 Å². The molecule has 1 aliphatic rings. The van der Waals surface area contributed by atoms with Gasteiger partial charge in [0, 0.05) is 19.6 Å². The predicted octanol–water partition coefficient (Wildman–Crippen LogP) is 3.53. The number of piperidine rings is 1. The van der Waals surface area contributed by atoms with Crippen molar-refractivity contribution in [2.45, 2.75) is 59.3 Å². The average Bonchev–Trinajstić information content (AvgIpc) is 2.52. The van der Waals surface area contributed by atoms with Gasteiger partial charge in [0.25, 0.3) is 0 Å². The molecule has 0 aliphatic carbocycles. The highest BCUT2D eigenvalue weighted by Gasteiger charge is 2.22. The van der Waals surface area contributed by atoms with Crippen molar-refractivity contribution in [3.05, 3.63) is 0 Å². The zero-order valence-electron chi connectivity index (χ0n) is 15.3. The van der Waals surface area contributed by atoms with Gasteiger partial charge < -0.3 is 15.3 Å². The lowest BCUT2D eigenvalue weighted by atomic mass is 9.86. The summed E-state index contributed by atoms with van der Waals surface area (Å²) in [6.07, 6.45) is 6.82. The number of aliphatic hydroxyl groups is 1. The van der Waals surface area contributed by atoms with Crippen LogP contribution in [-0.2, 0) is 0 Å². The Labute approximate surface area is 149 Å². The van der Waals surface area contributed by atoms with Crippen LogP contribution in [0.4, 0.5) is 0 Å². The molecule has 1 saturated heterocycles. The molecule has 0 aromatic carbocycles. The van der Waals surface area contributed by atoms with Crippen LogP contribution in [0.5, 0.6) is 0 Å². The van der Waals surface area contributed by atoms with E-state index in [0.717, 1.165) is 25.8 Å². The number of amidine groups is 1. The molecule has 1 heterocycles. The molecule has 3 N–H and O–H groups in total. The number of halogens is 1. The second-order valence-corrected chi connectivity index (χ2v) is 7.38. The van der Waals surface area contributed by atoms with E-state index in [-0.39, 0.29) is 12.4 Å². The van der Waals surface area contributed by atoms with Crippen molar-refractivity contribution in [2.24, 2.45) is 17.8 Å². The normalized spacial score (nSPS) is 17.8. The fraction of sp³-hybridized carbons (Fsp3) is 0.944. The molecular formula is C18H38ClN3O. The highest BCUT2D eigenvalue weighted by Crippen LogP contribution is 2.24. The fourth-order valence-electron chi connectivity index (χ4n) is 3.12. The summed E-state index contributed by atoms with van der Waals surface area (Å²) >= 11 is 0. The smallest absolute Gasteiger partial charge is 0.0931 e. The highest BCUT2D eigenvalue weighted by atomic mass is 35.5. The van der Waals surface area contributed by atoms with Crippen molar-refractivity contribution >= 4 is 18.2 Å². The monoisotopic (exact) mass is 347 g/mol. The first-order valence-electron chi connectivity index (χ1n) is 9.17. The average molecular weight is 348 g/mol. The van der Waals surface area contributed by atoms with Crippen molar-refractivity contribution in [3.8, 4) is 0 Å². The van der Waals surface area contributed by atoms with Gasteiger partial charge in [0.05, 0.1) is 5.84 Å². The second-order valence-electron chi connectivity index (χ2n) is 7.38. The summed E-state index contributed by atoms with van der Waals surface area (Å²) in [5, 5.41) is 20.3. The molecular weight excluding hydrogens is 310 g/mol. The summed E-state index contributed by atoms with van der Waals surface area (Å²) in [7, 11) is 0. The van der Waals surface area contributed by atoms with Crippen molar-refractivity contribution in [3.63, 3.8) is 0 Å². The summed E-state index contributed by atoms with van der Waals surface area (Å²) in [5.41, 5.74) is 0. The largest absolute Gasteiger partial charge is 0.396 e. The van der Waals surface area contributed by atoms with E-state index < -0.39 is 0 Å². The topological polar surface area (TPSA) is 59.4 Å². The number of nitrogens with one attached hydrogen (secondary N) is 2. The maximum Gasteiger partial charge on any atom is 0.0931 e. The number of likely N-dealkylation sites (tertiary alicyclic amines) is 1. The van der Waals surface area contributed by atoms with Gasteiger partial charge >= 0.3 is 0 Å². The lowest BCUT2D eigenvalue weighted by Crippen LogP contribution is -2.37. The van der Waals surface area contributed by atoms with E-state index >= 15 is 0 Å². The van der Waals surface area contributed by atoms with Crippen molar-refractivity contribution < 1.29 is 5.11 Å². The lowest BCUT2D eigenvalue weighted by molar-refractivity contribution is 0.115. The molecule has 1 unspecified atom stereocenters. The third-order valence-electron chi connectivity index (χ3n) is 4.94. The van der Waals surface area contributed by atoms with Crippen LogP contribution < -0.4 is 5.32 Å². The number of unbranched alkanes of at least 4 members (excludes halogenated alkanes) is 1. The molecule has 0 saturated carbocycles. The Morgan fingerprint density at radius 1 is 1.22 bits per heavy atom. The minimum atomic E-state index is 0. The van der Waals surface area contributed by atoms with Gasteiger partial charge in [-0.3, -0.25) is 5.41 Å². The van der Waals surface area contributed by atoms with E-state index in [9.17, 15) is 5.11 Å². The highest BCUT2D eigenvalue weighted by molar-refractivity contribution is 5.85. The van der Waals surface area contributed by atoms with Crippen LogP contribution in [0.2, 0.25) is 0 Å². The standard InChI is InChI=1S/C18H37N3O.ClH/c1-15(2)6-7-18(19)20-10-4-5-11-21-12-8-17(9-13-21)16(3)14-22;/h15-17,22H,4-14H2,1-3H3,(H2,19,20);1H. The molecule has 1 rings (SSSR count). The van der Waals surface area contributed by atoms with E-state index in [2.05, 4.69) is 31.0 Å². The van der Waals surface area contributed by atoms with E-state index in [1.807, 2.05) is 0 Å². The zero-order chi connectivity index (χ0) is 16.4. The molecule has 0 bridgehead atoms. The number of hydrogen-bond donors (Lipinski definition) is 3. The van der Waals surface area contributed by atoms with Gasteiger partial charge in [0.15, 0.2) is 0 Å². The number of hydrogen-bond acceptors (Lipinski definition) is 3. The van der Waals surface area contributed by atoms with Gasteiger partial charge in [-0.2, -0.15) is 0 Å². The van der Waals surface area contributed by atoms with E-state index in [0.29, 0.717) is 30.2 Å². The first-order valence-corrected chi connectivity index (χ1v) is 9.17. The van der Waals surface area contributed by atoms with E-state index in [4.69, 9.17) is 5.41 Å². The minimum absolute atomic E-state index is 0. The lowest BCUT2D eigenvalue weighted by Gasteiger charge is -2.34. The molecule has 138 valence electrons. The molecule has 23 heavy (non-hydrogen) atoms. The molecule has 0 aromatic rings. The molecule has 1 atom stereocenters. The van der Waals surface area contributed by atoms with Gasteiger partial charge in [-0.1, -0.05) is 20.8 Å². The summed E-state index contributed by atoms with van der Waals surface area (Å²) in [6.45, 7) is 11.4. The Kier molecular flexibility index (Phi) is 12.8. The zero-order valence-corrected chi connectivity index (χ0v) is 16.1. The number of rotatable bonds is 10. The van der Waals surface area contributed by atoms with Crippen molar-refractivity contribution in [1.82, 2.24) is 10.2 Å². The van der Waals surface area contributed by atoms with Crippen LogP contribution in [0.1, 0.15) is 59.3 Å². The Balaban J connectivity index is 0.00000484. The SMILES string of the molecule is CC(C)CCC(=N)NCCCCN1CCC(C(C)CO)CC1.Cl. The first kappa shape index (κ1) is 22.7. The Morgan fingerprint density at radius 2 is 1.87 bits per heavy atom. The first-order chi connectivity index (χ1) is 10.5. The van der Waals surface area contributed by atoms with Gasteiger partial charge in [0.2, 0.25) is 0 Å². The Morgan fingerprint density at radius 3 is 2.43 bits per heavy atom. The van der Waals surface area contributed by atoms with Crippen LogP contribution in [0.15, 0.2) is 0 Å². The van der Waals surface area contributed by atoms with Crippen LogP contribution in [0.3, 0.4) is 0 Å². The van der Waals surface area contributed by atoms with Gasteiger partial charge in [-0.05, 0) is 69.5 Å². The maximum atomic E-state index is 9.23. The van der Waals surface area contributed by atoms with Gasteiger partial charge in [-0.25, -0.2) is 0 Å². The molecule has 0 aromatic heterocycles. The molecule has 0 spiro atoms. The molecule has 0 radical (unpaired) electrons. The minimum Gasteiger partial charge on any atom is -0.396 e. The molecule has 1 fully saturated rings. The Bertz CT molecular complexity index is 305. The Hall–Kier alpha value is -0.320. The quantitative estimate of drug-likeness (QED) is 0.322. The number of aliphatic hydroxyl groups excluding tert-OH is 1. The summed E-state index contributed by atoms with van der Waals surface area (Å²) < 4.78 is 0. The van der Waals surface area contributed by atoms with Crippen molar-refractivity contribution in [1.29, 1.82) is 5.41 Å².